The van der Waals surface area contributed by atoms with E-state index in [9.17, 15) is 18.8 Å². The van der Waals surface area contributed by atoms with E-state index < -0.39 is 5.82 Å². The van der Waals surface area contributed by atoms with Crippen molar-refractivity contribution in [2.24, 2.45) is 5.73 Å². The number of amides is 2. The molecule has 0 atom stereocenters. The zero-order valence-electron chi connectivity index (χ0n) is 25.2. The van der Waals surface area contributed by atoms with Crippen molar-refractivity contribution in [3.05, 3.63) is 149 Å². The SMILES string of the molecule is NCc1cccc(Oc2ccccc2N(Cc2ccc(-c3ccc(C=O)cc3)cc2)C(=O)CCC(=O)NCc2ccccc2F)c1. The van der Waals surface area contributed by atoms with Crippen molar-refractivity contribution in [2.45, 2.75) is 32.5 Å². The van der Waals surface area contributed by atoms with E-state index in [0.717, 1.165) is 28.5 Å². The minimum atomic E-state index is -0.400. The van der Waals surface area contributed by atoms with E-state index in [1.807, 2.05) is 72.8 Å². The van der Waals surface area contributed by atoms with Crippen LogP contribution in [-0.2, 0) is 29.2 Å². The molecule has 0 unspecified atom stereocenters. The summed E-state index contributed by atoms with van der Waals surface area (Å²) in [5, 5.41) is 2.70. The lowest BCUT2D eigenvalue weighted by Gasteiger charge is -2.25. The number of rotatable bonds is 13. The number of aldehydes is 1. The van der Waals surface area contributed by atoms with Gasteiger partial charge in [-0.3, -0.25) is 14.4 Å². The molecule has 5 rings (SSSR count). The lowest BCUT2D eigenvalue weighted by molar-refractivity contribution is -0.125. The van der Waals surface area contributed by atoms with Crippen LogP contribution in [0.15, 0.2) is 121 Å². The summed E-state index contributed by atoms with van der Waals surface area (Å²) in [4.78, 5) is 39.1. The molecule has 0 aliphatic heterocycles. The lowest BCUT2D eigenvalue weighted by Crippen LogP contribution is -2.32. The normalized spacial score (nSPS) is 10.7. The van der Waals surface area contributed by atoms with Crippen molar-refractivity contribution in [3.8, 4) is 22.6 Å². The summed E-state index contributed by atoms with van der Waals surface area (Å²) >= 11 is 0. The van der Waals surface area contributed by atoms with Gasteiger partial charge in [-0.1, -0.05) is 91.0 Å². The molecule has 0 spiro atoms. The van der Waals surface area contributed by atoms with Gasteiger partial charge in [0.05, 0.1) is 12.2 Å². The van der Waals surface area contributed by atoms with E-state index in [4.69, 9.17) is 10.5 Å². The monoisotopic (exact) mass is 615 g/mol. The highest BCUT2D eigenvalue weighted by Crippen LogP contribution is 2.34. The number of hydrogen-bond acceptors (Lipinski definition) is 5. The molecule has 0 aliphatic rings. The molecular weight excluding hydrogens is 581 g/mol. The Morgan fingerprint density at radius 3 is 2.20 bits per heavy atom. The van der Waals surface area contributed by atoms with Gasteiger partial charge >= 0.3 is 0 Å². The maximum atomic E-state index is 14.0. The predicted octanol–water partition coefficient (Wildman–Crippen LogP) is 7.19. The zero-order valence-corrected chi connectivity index (χ0v) is 25.2. The number of ether oxygens (including phenoxy) is 1. The molecule has 0 aliphatic carbocycles. The fourth-order valence-corrected chi connectivity index (χ4v) is 4.96. The van der Waals surface area contributed by atoms with Gasteiger partial charge in [-0.05, 0) is 52.6 Å². The Bertz CT molecular complexity index is 1810. The highest BCUT2D eigenvalue weighted by molar-refractivity contribution is 5.96. The van der Waals surface area contributed by atoms with Crippen molar-refractivity contribution in [2.75, 3.05) is 4.90 Å². The number of carbonyl (C=O) groups is 3. The number of para-hydroxylation sites is 2. The first kappa shape index (κ1) is 31.8. The average molecular weight is 616 g/mol. The third-order valence-corrected chi connectivity index (χ3v) is 7.49. The third kappa shape index (κ3) is 8.31. The molecule has 7 nitrogen and oxygen atoms in total. The van der Waals surface area contributed by atoms with Gasteiger partial charge in [-0.2, -0.15) is 0 Å². The van der Waals surface area contributed by atoms with Gasteiger partial charge in [0.2, 0.25) is 11.8 Å². The van der Waals surface area contributed by atoms with Gasteiger partial charge in [0.15, 0.2) is 5.75 Å². The molecule has 46 heavy (non-hydrogen) atoms. The summed E-state index contributed by atoms with van der Waals surface area (Å²) in [6.07, 6.45) is 0.671. The number of anilines is 1. The summed E-state index contributed by atoms with van der Waals surface area (Å²) in [7, 11) is 0. The second kappa shape index (κ2) is 15.4. The molecular formula is C38H34FN3O4. The Morgan fingerprint density at radius 1 is 0.783 bits per heavy atom. The smallest absolute Gasteiger partial charge is 0.227 e. The van der Waals surface area contributed by atoms with Crippen molar-refractivity contribution >= 4 is 23.8 Å². The van der Waals surface area contributed by atoms with Crippen LogP contribution < -0.4 is 20.7 Å². The quantitative estimate of drug-likeness (QED) is 0.137. The van der Waals surface area contributed by atoms with Gasteiger partial charge in [0.25, 0.3) is 0 Å². The Hall–Kier alpha value is -5.60. The summed E-state index contributed by atoms with van der Waals surface area (Å²) < 4.78 is 20.3. The van der Waals surface area contributed by atoms with Crippen molar-refractivity contribution in [1.29, 1.82) is 0 Å². The predicted molar refractivity (Wildman–Crippen MR) is 177 cm³/mol. The fraction of sp³-hybridized carbons (Fsp3) is 0.132. The van der Waals surface area contributed by atoms with E-state index in [-0.39, 0.29) is 37.7 Å². The molecule has 0 heterocycles. The Morgan fingerprint density at radius 2 is 1.48 bits per heavy atom. The maximum Gasteiger partial charge on any atom is 0.227 e. The number of halogens is 1. The first-order chi connectivity index (χ1) is 22.4. The van der Waals surface area contributed by atoms with Crippen LogP contribution in [0.3, 0.4) is 0 Å². The number of benzene rings is 5. The summed E-state index contributed by atoms with van der Waals surface area (Å²) in [6.45, 7) is 0.620. The summed E-state index contributed by atoms with van der Waals surface area (Å²) in [5.74, 6) is 0.0230. The molecule has 8 heteroatoms. The molecule has 5 aromatic rings. The van der Waals surface area contributed by atoms with Crippen LogP contribution in [0.4, 0.5) is 10.1 Å². The number of nitrogens with two attached hydrogens (primary N) is 1. The van der Waals surface area contributed by atoms with E-state index in [1.165, 1.54) is 6.07 Å². The Kier molecular flexibility index (Phi) is 10.7. The number of hydrogen-bond donors (Lipinski definition) is 2. The van der Waals surface area contributed by atoms with Crippen LogP contribution >= 0.6 is 0 Å². The van der Waals surface area contributed by atoms with E-state index >= 15 is 0 Å². The van der Waals surface area contributed by atoms with E-state index in [2.05, 4.69) is 5.32 Å². The van der Waals surface area contributed by atoms with Gasteiger partial charge in [0, 0.05) is 37.1 Å². The van der Waals surface area contributed by atoms with Crippen LogP contribution in [0.5, 0.6) is 11.5 Å². The van der Waals surface area contributed by atoms with Crippen molar-refractivity contribution in [3.63, 3.8) is 0 Å². The summed E-state index contributed by atoms with van der Waals surface area (Å²) in [6, 6.07) is 36.0. The highest BCUT2D eigenvalue weighted by Gasteiger charge is 2.21. The molecule has 232 valence electrons. The average Bonchev–Trinajstić information content (AvgIpc) is 3.10. The molecule has 0 saturated heterocycles. The third-order valence-electron chi connectivity index (χ3n) is 7.49. The zero-order chi connectivity index (χ0) is 32.3. The van der Waals surface area contributed by atoms with Gasteiger partial charge in [-0.15, -0.1) is 0 Å². The minimum Gasteiger partial charge on any atom is -0.455 e. The highest BCUT2D eigenvalue weighted by atomic mass is 19.1. The first-order valence-electron chi connectivity index (χ1n) is 14.9. The standard InChI is InChI=1S/C38H34FN3O4/c39-34-9-2-1-7-32(34)24-41-37(44)20-21-38(45)42(25-27-12-16-30(17-13-27)31-18-14-28(26-43)15-19-31)35-10-3-4-11-36(35)46-33-8-5-6-29(22-33)23-40/h1-19,22,26H,20-21,23-25,40H2,(H,41,44). The van der Waals surface area contributed by atoms with Gasteiger partial charge in [-0.25, -0.2) is 4.39 Å². The Labute approximate surface area is 267 Å². The molecule has 2 amide bonds. The summed E-state index contributed by atoms with van der Waals surface area (Å²) in [5.41, 5.74) is 11.0. The van der Waals surface area contributed by atoms with Crippen LogP contribution in [0.1, 0.15) is 39.9 Å². The van der Waals surface area contributed by atoms with Gasteiger partial charge in [0.1, 0.15) is 17.9 Å². The maximum absolute atomic E-state index is 14.0. The lowest BCUT2D eigenvalue weighted by atomic mass is 10.0. The van der Waals surface area contributed by atoms with E-state index in [0.29, 0.717) is 34.9 Å². The molecule has 5 aromatic carbocycles. The molecule has 0 fully saturated rings. The van der Waals surface area contributed by atoms with Crippen LogP contribution in [0, 0.1) is 5.82 Å². The van der Waals surface area contributed by atoms with Gasteiger partial charge < -0.3 is 20.7 Å². The van der Waals surface area contributed by atoms with Crippen molar-refractivity contribution < 1.29 is 23.5 Å². The van der Waals surface area contributed by atoms with E-state index in [1.54, 1.807) is 47.4 Å². The topological polar surface area (TPSA) is 102 Å². The second-order valence-electron chi connectivity index (χ2n) is 10.7. The largest absolute Gasteiger partial charge is 0.455 e. The molecule has 0 bridgehead atoms. The van der Waals surface area contributed by atoms with Crippen LogP contribution in [0.2, 0.25) is 0 Å². The number of nitrogens with one attached hydrogen (secondary N) is 1. The first-order valence-corrected chi connectivity index (χ1v) is 14.9. The second-order valence-corrected chi connectivity index (χ2v) is 10.7. The van der Waals surface area contributed by atoms with Crippen molar-refractivity contribution in [1.82, 2.24) is 5.32 Å². The molecule has 0 radical (unpaired) electrons. The number of carbonyl (C=O) groups excluding carboxylic acids is 3. The molecule has 0 aromatic heterocycles. The van der Waals surface area contributed by atoms with Crippen LogP contribution in [0.25, 0.3) is 11.1 Å². The molecule has 3 N–H and O–H groups in total. The fourth-order valence-electron chi connectivity index (χ4n) is 4.96. The minimum absolute atomic E-state index is 0.0339. The van der Waals surface area contributed by atoms with Crippen LogP contribution in [-0.4, -0.2) is 18.1 Å². The Balaban J connectivity index is 1.36. The number of nitrogens with zero attached hydrogens (tertiary/aromatic N) is 1. The molecule has 0 saturated carbocycles.